The summed E-state index contributed by atoms with van der Waals surface area (Å²) in [6, 6.07) is 16.3. The lowest BCUT2D eigenvalue weighted by atomic mass is 10.00. The quantitative estimate of drug-likeness (QED) is 0.196. The molecule has 0 spiro atoms. The van der Waals surface area contributed by atoms with Gasteiger partial charge in [-0.25, -0.2) is 14.4 Å². The van der Waals surface area contributed by atoms with E-state index in [4.69, 9.17) is 14.2 Å². The number of aromatic nitrogens is 3. The molecule has 0 aliphatic carbocycles. The van der Waals surface area contributed by atoms with E-state index in [1.165, 1.54) is 21.3 Å². The van der Waals surface area contributed by atoms with E-state index in [-0.39, 0.29) is 0 Å². The Kier molecular flexibility index (Phi) is 4.74. The van der Waals surface area contributed by atoms with Gasteiger partial charge in [0.25, 0.3) is 0 Å². The van der Waals surface area contributed by atoms with E-state index >= 15 is 0 Å². The first-order valence-electron chi connectivity index (χ1n) is 12.2. The second-order valence-corrected chi connectivity index (χ2v) is 9.38. The molecule has 4 aromatic carbocycles. The Bertz CT molecular complexity index is 2200. The molecule has 0 aliphatic heterocycles. The van der Waals surface area contributed by atoms with Crippen molar-refractivity contribution in [2.75, 3.05) is 21.3 Å². The number of benzene rings is 4. The van der Waals surface area contributed by atoms with Crippen molar-refractivity contribution in [2.24, 2.45) is 0 Å². The number of rotatable bonds is 3. The van der Waals surface area contributed by atoms with Gasteiger partial charge in [-0.1, -0.05) is 18.2 Å². The van der Waals surface area contributed by atoms with E-state index in [2.05, 4.69) is 15.0 Å². The highest BCUT2D eigenvalue weighted by Crippen LogP contribution is 2.44. The number of hydrogen-bond donors (Lipinski definition) is 3. The Morgan fingerprint density at radius 1 is 0.487 bits per heavy atom. The molecule has 9 nitrogen and oxygen atoms in total. The van der Waals surface area contributed by atoms with Crippen LogP contribution in [-0.4, -0.2) is 54.2 Å². The third kappa shape index (κ3) is 3.10. The summed E-state index contributed by atoms with van der Waals surface area (Å²) in [4.78, 5) is 47.3. The van der Waals surface area contributed by atoms with Crippen LogP contribution in [0.3, 0.4) is 0 Å². The molecule has 0 saturated carbocycles. The summed E-state index contributed by atoms with van der Waals surface area (Å²) >= 11 is 0. The Hall–Kier alpha value is -5.31. The number of fused-ring (bicyclic) bond motifs is 12. The Balaban J connectivity index is 1.68. The normalized spacial score (nSPS) is 11.8. The van der Waals surface area contributed by atoms with E-state index in [0.29, 0.717) is 16.7 Å². The van der Waals surface area contributed by atoms with Crippen LogP contribution in [0.1, 0.15) is 31.1 Å². The number of carbonyl (C=O) groups is 3. The van der Waals surface area contributed by atoms with Crippen LogP contribution in [0.15, 0.2) is 54.6 Å². The Morgan fingerprint density at radius 3 is 1.23 bits per heavy atom. The van der Waals surface area contributed by atoms with Gasteiger partial charge in [0.15, 0.2) is 0 Å². The molecule has 0 saturated heterocycles. The summed E-state index contributed by atoms with van der Waals surface area (Å²) in [7, 11) is 4.06. The smallest absolute Gasteiger partial charge is 0.337 e. The van der Waals surface area contributed by atoms with Gasteiger partial charge in [-0.15, -0.1) is 0 Å². The summed E-state index contributed by atoms with van der Waals surface area (Å²) < 4.78 is 14.8. The zero-order chi connectivity index (χ0) is 27.0. The van der Waals surface area contributed by atoms with Gasteiger partial charge in [0.2, 0.25) is 0 Å². The minimum absolute atomic E-state index is 0.421. The average molecular weight is 520 g/mol. The molecule has 3 heterocycles. The number of esters is 3. The first-order chi connectivity index (χ1) is 18.9. The largest absolute Gasteiger partial charge is 0.465 e. The third-order valence-corrected chi connectivity index (χ3v) is 7.41. The second-order valence-electron chi connectivity index (χ2n) is 9.38. The first kappa shape index (κ1) is 22.9. The Labute approximate surface area is 219 Å². The molecule has 0 radical (unpaired) electrons. The maximum absolute atomic E-state index is 12.3. The van der Waals surface area contributed by atoms with Crippen molar-refractivity contribution in [3.8, 4) is 0 Å². The van der Waals surface area contributed by atoms with Gasteiger partial charge in [0.05, 0.1) is 54.6 Å². The van der Waals surface area contributed by atoms with E-state index in [1.807, 2.05) is 18.2 Å². The SMILES string of the molecule is COC(=O)c1ccc2c(c1)[nH]c1c3[nH]c4cc(C(=O)OC)ccc4c3c3c4ccc(C(=O)OC)cc4[nH]c3c21. The summed E-state index contributed by atoms with van der Waals surface area (Å²) in [5, 5.41) is 5.64. The van der Waals surface area contributed by atoms with Crippen LogP contribution in [0.5, 0.6) is 0 Å². The van der Waals surface area contributed by atoms with Crippen LogP contribution < -0.4 is 0 Å². The van der Waals surface area contributed by atoms with E-state index in [0.717, 1.165) is 65.4 Å². The average Bonchev–Trinajstić information content (AvgIpc) is 3.65. The molecule has 3 aromatic heterocycles. The molecule has 9 heteroatoms. The fourth-order valence-corrected chi connectivity index (χ4v) is 5.67. The number of aromatic amines is 3. The summed E-state index contributed by atoms with van der Waals surface area (Å²) in [6.45, 7) is 0. The van der Waals surface area contributed by atoms with Crippen LogP contribution in [0, 0.1) is 0 Å². The molecule has 192 valence electrons. The zero-order valence-corrected chi connectivity index (χ0v) is 21.1. The number of hydrogen-bond acceptors (Lipinski definition) is 6. The van der Waals surface area contributed by atoms with Crippen molar-refractivity contribution in [1.29, 1.82) is 0 Å². The lowest BCUT2D eigenvalue weighted by Crippen LogP contribution is -2.00. The topological polar surface area (TPSA) is 126 Å². The summed E-state index contributed by atoms with van der Waals surface area (Å²) in [6.07, 6.45) is 0. The predicted molar refractivity (Wildman–Crippen MR) is 149 cm³/mol. The van der Waals surface area contributed by atoms with Crippen molar-refractivity contribution in [1.82, 2.24) is 15.0 Å². The summed E-state index contributed by atoms with van der Waals surface area (Å²) in [5.41, 5.74) is 6.20. The third-order valence-electron chi connectivity index (χ3n) is 7.41. The number of methoxy groups -OCH3 is 3. The fourth-order valence-electron chi connectivity index (χ4n) is 5.67. The highest BCUT2D eigenvalue weighted by Gasteiger charge is 2.22. The lowest BCUT2D eigenvalue weighted by Gasteiger charge is -2.02. The van der Waals surface area contributed by atoms with Gasteiger partial charge < -0.3 is 29.2 Å². The van der Waals surface area contributed by atoms with Crippen LogP contribution >= 0.6 is 0 Å². The van der Waals surface area contributed by atoms with Crippen LogP contribution in [0.25, 0.3) is 65.4 Å². The van der Waals surface area contributed by atoms with Gasteiger partial charge in [-0.05, 0) is 36.4 Å². The maximum Gasteiger partial charge on any atom is 0.337 e. The lowest BCUT2D eigenvalue weighted by molar-refractivity contribution is 0.0592. The maximum atomic E-state index is 12.3. The molecular formula is C30H21N3O6. The minimum Gasteiger partial charge on any atom is -0.465 e. The fraction of sp³-hybridized carbons (Fsp3) is 0.100. The predicted octanol–water partition coefficient (Wildman–Crippen LogP) is 5.95. The van der Waals surface area contributed by atoms with Crippen molar-refractivity contribution in [2.45, 2.75) is 0 Å². The highest BCUT2D eigenvalue weighted by molar-refractivity contribution is 6.39. The number of nitrogens with one attached hydrogen (secondary N) is 3. The molecule has 0 unspecified atom stereocenters. The molecule has 0 fully saturated rings. The van der Waals surface area contributed by atoms with Crippen molar-refractivity contribution in [3.05, 3.63) is 71.3 Å². The van der Waals surface area contributed by atoms with Gasteiger partial charge in [0, 0.05) is 48.9 Å². The molecule has 7 rings (SSSR count). The minimum atomic E-state index is -0.423. The second kappa shape index (κ2) is 8.09. The van der Waals surface area contributed by atoms with Crippen LogP contribution in [0.4, 0.5) is 0 Å². The monoisotopic (exact) mass is 519 g/mol. The molecule has 0 atom stereocenters. The van der Waals surface area contributed by atoms with Crippen LogP contribution in [0.2, 0.25) is 0 Å². The molecule has 39 heavy (non-hydrogen) atoms. The Morgan fingerprint density at radius 2 is 0.821 bits per heavy atom. The number of carbonyl (C=O) groups excluding carboxylic acids is 3. The summed E-state index contributed by atoms with van der Waals surface area (Å²) in [5.74, 6) is -1.27. The number of ether oxygens (including phenoxy) is 3. The standard InChI is InChI=1S/C30H21N3O6/c1-37-28(34)13-4-7-16-19(10-13)31-25-22(16)23-17-8-5-14(29(35)38-2)11-20(17)32-26(23)27-24(25)18-9-6-15(30(36)39-3)12-21(18)33-27/h4-12,31-33H,1-3H3. The van der Waals surface area contributed by atoms with Gasteiger partial charge in [-0.2, -0.15) is 0 Å². The van der Waals surface area contributed by atoms with Gasteiger partial charge in [0.1, 0.15) is 0 Å². The molecule has 7 aromatic rings. The van der Waals surface area contributed by atoms with E-state index in [9.17, 15) is 14.4 Å². The zero-order valence-electron chi connectivity index (χ0n) is 21.1. The molecular weight excluding hydrogens is 498 g/mol. The highest BCUT2D eigenvalue weighted by atomic mass is 16.5. The first-order valence-corrected chi connectivity index (χ1v) is 12.2. The van der Waals surface area contributed by atoms with E-state index in [1.54, 1.807) is 36.4 Å². The number of H-pyrrole nitrogens is 3. The molecule has 0 aliphatic rings. The molecule has 3 N–H and O–H groups in total. The molecule has 0 bridgehead atoms. The van der Waals surface area contributed by atoms with Gasteiger partial charge in [-0.3, -0.25) is 0 Å². The van der Waals surface area contributed by atoms with Gasteiger partial charge >= 0.3 is 17.9 Å². The van der Waals surface area contributed by atoms with E-state index < -0.39 is 17.9 Å². The van der Waals surface area contributed by atoms with Crippen molar-refractivity contribution < 1.29 is 28.6 Å². The van der Waals surface area contributed by atoms with Crippen molar-refractivity contribution >= 4 is 83.3 Å². The van der Waals surface area contributed by atoms with Crippen molar-refractivity contribution in [3.63, 3.8) is 0 Å². The van der Waals surface area contributed by atoms with Crippen LogP contribution in [-0.2, 0) is 14.2 Å². The molecule has 0 amide bonds.